The van der Waals surface area contributed by atoms with Crippen LogP contribution in [0.2, 0.25) is 0 Å². The van der Waals surface area contributed by atoms with Gasteiger partial charge in [0.05, 0.1) is 13.2 Å². The van der Waals surface area contributed by atoms with Crippen LogP contribution in [-0.2, 0) is 19.1 Å². The van der Waals surface area contributed by atoms with Crippen LogP contribution in [0.4, 0.5) is 0 Å². The highest BCUT2D eigenvalue weighted by Gasteiger charge is 2.12. The molecule has 0 aromatic rings. The molecule has 0 aliphatic heterocycles. The Balaban J connectivity index is 3.50. The molecule has 0 saturated carbocycles. The van der Waals surface area contributed by atoms with Crippen LogP contribution < -0.4 is 5.32 Å². The molecular weight excluding hydrogens is 226 g/mol. The zero-order chi connectivity index (χ0) is 13.1. The first kappa shape index (κ1) is 15.9. The van der Waals surface area contributed by atoms with Crippen LogP contribution in [0.15, 0.2) is 0 Å². The lowest BCUT2D eigenvalue weighted by Crippen LogP contribution is -2.35. The number of hydrogen-bond acceptors (Lipinski definition) is 4. The van der Waals surface area contributed by atoms with Gasteiger partial charge < -0.3 is 19.9 Å². The fraction of sp³-hybridized carbons (Fsp3) is 0.818. The lowest BCUT2D eigenvalue weighted by molar-refractivity contribution is -0.137. The second-order valence-electron chi connectivity index (χ2n) is 3.50. The van der Waals surface area contributed by atoms with Crippen molar-refractivity contribution in [3.63, 3.8) is 0 Å². The quantitative estimate of drug-likeness (QED) is 0.546. The highest BCUT2D eigenvalue weighted by molar-refractivity contribution is 5.80. The molecule has 0 fully saturated rings. The molecule has 0 aromatic carbocycles. The van der Waals surface area contributed by atoms with Gasteiger partial charge in [0.15, 0.2) is 0 Å². The predicted octanol–water partition coefficient (Wildman–Crippen LogP) is 0.409. The second-order valence-corrected chi connectivity index (χ2v) is 3.50. The third-order valence-electron chi connectivity index (χ3n) is 2.04. The standard InChI is InChI=1S/C11H21NO5/c1-3-16-7-8-17-9(2)11(15)12-6-4-5-10(13)14/h9H,3-8H2,1-2H3,(H,12,15)(H,13,14). The summed E-state index contributed by atoms with van der Waals surface area (Å²) >= 11 is 0. The van der Waals surface area contributed by atoms with Gasteiger partial charge in [0, 0.05) is 19.6 Å². The Morgan fingerprint density at radius 1 is 1.35 bits per heavy atom. The number of carbonyl (C=O) groups is 2. The molecule has 0 radical (unpaired) electrons. The molecule has 0 bridgehead atoms. The summed E-state index contributed by atoms with van der Waals surface area (Å²) in [5.41, 5.74) is 0. The Bertz CT molecular complexity index is 232. The van der Waals surface area contributed by atoms with E-state index >= 15 is 0 Å². The topological polar surface area (TPSA) is 84.9 Å². The van der Waals surface area contributed by atoms with E-state index in [9.17, 15) is 9.59 Å². The normalized spacial score (nSPS) is 12.1. The average Bonchev–Trinajstić information content (AvgIpc) is 2.29. The summed E-state index contributed by atoms with van der Waals surface area (Å²) in [5.74, 6) is -1.09. The Hall–Kier alpha value is -1.14. The Morgan fingerprint density at radius 3 is 2.65 bits per heavy atom. The van der Waals surface area contributed by atoms with Crippen molar-refractivity contribution in [1.29, 1.82) is 0 Å². The number of hydrogen-bond donors (Lipinski definition) is 2. The average molecular weight is 247 g/mol. The number of aliphatic carboxylic acids is 1. The smallest absolute Gasteiger partial charge is 0.303 e. The van der Waals surface area contributed by atoms with E-state index in [1.807, 2.05) is 6.92 Å². The van der Waals surface area contributed by atoms with Gasteiger partial charge in [-0.15, -0.1) is 0 Å². The number of amides is 1. The fourth-order valence-corrected chi connectivity index (χ4v) is 1.10. The van der Waals surface area contributed by atoms with Crippen molar-refractivity contribution in [3.8, 4) is 0 Å². The minimum Gasteiger partial charge on any atom is -0.481 e. The van der Waals surface area contributed by atoms with E-state index in [0.29, 0.717) is 32.8 Å². The highest BCUT2D eigenvalue weighted by atomic mass is 16.5. The molecule has 0 aromatic heterocycles. The third kappa shape index (κ3) is 9.77. The van der Waals surface area contributed by atoms with Gasteiger partial charge in [-0.1, -0.05) is 0 Å². The van der Waals surface area contributed by atoms with Crippen LogP contribution in [0.3, 0.4) is 0 Å². The van der Waals surface area contributed by atoms with Crippen molar-refractivity contribution in [3.05, 3.63) is 0 Å². The van der Waals surface area contributed by atoms with Crippen molar-refractivity contribution >= 4 is 11.9 Å². The molecule has 0 heterocycles. The molecule has 6 nitrogen and oxygen atoms in total. The minimum atomic E-state index is -0.861. The maximum atomic E-state index is 11.4. The summed E-state index contributed by atoms with van der Waals surface area (Å²) in [4.78, 5) is 21.7. The van der Waals surface area contributed by atoms with E-state index in [0.717, 1.165) is 0 Å². The minimum absolute atomic E-state index is 0.0554. The number of rotatable bonds is 10. The van der Waals surface area contributed by atoms with E-state index in [1.54, 1.807) is 6.92 Å². The first-order valence-electron chi connectivity index (χ1n) is 5.76. The number of carboxylic acids is 1. The van der Waals surface area contributed by atoms with Gasteiger partial charge in [0.2, 0.25) is 5.91 Å². The summed E-state index contributed by atoms with van der Waals surface area (Å²) in [5, 5.41) is 11.0. The number of ether oxygens (including phenoxy) is 2. The van der Waals surface area contributed by atoms with Crippen molar-refractivity contribution in [1.82, 2.24) is 5.32 Å². The van der Waals surface area contributed by atoms with E-state index in [2.05, 4.69) is 5.32 Å². The zero-order valence-electron chi connectivity index (χ0n) is 10.4. The summed E-state index contributed by atoms with van der Waals surface area (Å²) in [7, 11) is 0. The van der Waals surface area contributed by atoms with Crippen molar-refractivity contribution < 1.29 is 24.2 Å². The molecule has 1 amide bonds. The molecule has 17 heavy (non-hydrogen) atoms. The number of carboxylic acid groups (broad SMARTS) is 1. The van der Waals surface area contributed by atoms with Gasteiger partial charge in [-0.3, -0.25) is 9.59 Å². The molecule has 0 aliphatic carbocycles. The monoisotopic (exact) mass is 247 g/mol. The Kier molecular flexibility index (Phi) is 9.37. The highest BCUT2D eigenvalue weighted by Crippen LogP contribution is 1.92. The van der Waals surface area contributed by atoms with Crippen molar-refractivity contribution in [2.24, 2.45) is 0 Å². The summed E-state index contributed by atoms with van der Waals surface area (Å²) in [6.45, 7) is 5.35. The molecule has 1 unspecified atom stereocenters. The van der Waals surface area contributed by atoms with Crippen molar-refractivity contribution in [2.75, 3.05) is 26.4 Å². The van der Waals surface area contributed by atoms with Crippen LogP contribution in [-0.4, -0.2) is 49.5 Å². The Morgan fingerprint density at radius 2 is 2.06 bits per heavy atom. The maximum Gasteiger partial charge on any atom is 0.303 e. The molecule has 1 atom stereocenters. The maximum absolute atomic E-state index is 11.4. The first-order valence-corrected chi connectivity index (χ1v) is 5.76. The van der Waals surface area contributed by atoms with Crippen LogP contribution in [0, 0.1) is 0 Å². The van der Waals surface area contributed by atoms with Crippen molar-refractivity contribution in [2.45, 2.75) is 32.8 Å². The molecule has 2 N–H and O–H groups in total. The van der Waals surface area contributed by atoms with Crippen LogP contribution in [0.5, 0.6) is 0 Å². The van der Waals surface area contributed by atoms with E-state index in [-0.39, 0.29) is 12.3 Å². The summed E-state index contributed by atoms with van der Waals surface area (Å²) in [6, 6.07) is 0. The first-order chi connectivity index (χ1) is 8.07. The van der Waals surface area contributed by atoms with Gasteiger partial charge in [0.25, 0.3) is 0 Å². The van der Waals surface area contributed by atoms with Gasteiger partial charge >= 0.3 is 5.97 Å². The SMILES string of the molecule is CCOCCOC(C)C(=O)NCCCC(=O)O. The molecule has 100 valence electrons. The van der Waals surface area contributed by atoms with E-state index in [1.165, 1.54) is 0 Å². The van der Waals surface area contributed by atoms with Gasteiger partial charge in [-0.25, -0.2) is 0 Å². The van der Waals surface area contributed by atoms with E-state index < -0.39 is 12.1 Å². The van der Waals surface area contributed by atoms with Gasteiger partial charge in [-0.05, 0) is 20.3 Å². The van der Waals surface area contributed by atoms with E-state index in [4.69, 9.17) is 14.6 Å². The molecule has 0 rings (SSSR count). The number of nitrogens with one attached hydrogen (secondary N) is 1. The lowest BCUT2D eigenvalue weighted by atomic mass is 10.3. The fourth-order valence-electron chi connectivity index (χ4n) is 1.10. The Labute approximate surface area is 101 Å². The zero-order valence-corrected chi connectivity index (χ0v) is 10.4. The molecule has 6 heteroatoms. The molecule has 0 saturated heterocycles. The summed E-state index contributed by atoms with van der Waals surface area (Å²) < 4.78 is 10.3. The number of carbonyl (C=O) groups excluding carboxylic acids is 1. The summed E-state index contributed by atoms with van der Waals surface area (Å²) in [6.07, 6.45) is -0.0626. The predicted molar refractivity (Wildman–Crippen MR) is 61.8 cm³/mol. The largest absolute Gasteiger partial charge is 0.481 e. The van der Waals surface area contributed by atoms with Gasteiger partial charge in [-0.2, -0.15) is 0 Å². The molecular formula is C11H21NO5. The molecule has 0 spiro atoms. The van der Waals surface area contributed by atoms with Crippen LogP contribution >= 0.6 is 0 Å². The lowest BCUT2D eigenvalue weighted by Gasteiger charge is -2.12. The van der Waals surface area contributed by atoms with Crippen LogP contribution in [0.25, 0.3) is 0 Å². The second kappa shape index (κ2) is 10.0. The van der Waals surface area contributed by atoms with Gasteiger partial charge in [0.1, 0.15) is 6.10 Å². The van der Waals surface area contributed by atoms with Crippen LogP contribution in [0.1, 0.15) is 26.7 Å². The third-order valence-corrected chi connectivity index (χ3v) is 2.04. The molecule has 0 aliphatic rings.